The van der Waals surface area contributed by atoms with Crippen molar-refractivity contribution in [3.8, 4) is 34.0 Å². The van der Waals surface area contributed by atoms with E-state index in [9.17, 15) is 10.2 Å². The van der Waals surface area contributed by atoms with Crippen molar-refractivity contribution in [2.45, 2.75) is 0 Å². The van der Waals surface area contributed by atoms with E-state index in [1.54, 1.807) is 24.5 Å². The molecule has 0 saturated heterocycles. The number of pyridine rings is 2. The van der Waals surface area contributed by atoms with Crippen LogP contribution in [0.5, 0.6) is 11.5 Å². The van der Waals surface area contributed by atoms with Crippen LogP contribution in [0.4, 0.5) is 0 Å². The average molecular weight is 768 g/mol. The molecule has 55 heavy (non-hydrogen) atoms. The number of rotatable bonds is 2. The van der Waals surface area contributed by atoms with Crippen LogP contribution in [0.25, 0.3) is 110 Å². The van der Waals surface area contributed by atoms with Gasteiger partial charge in [0, 0.05) is 75.0 Å². The number of nitrogens with zero attached hydrogens (tertiary/aromatic N) is 2. The van der Waals surface area contributed by atoms with Crippen molar-refractivity contribution in [1.29, 1.82) is 0 Å². The zero-order chi connectivity index (χ0) is 35.9. The molecule has 6 heterocycles. The fourth-order valence-corrected chi connectivity index (χ4v) is 7.61. The monoisotopic (exact) mass is 766 g/mol. The molecule has 258 valence electrons. The molecule has 0 aliphatic carbocycles. The molecular weight excluding hydrogens is 742 g/mol. The van der Waals surface area contributed by atoms with E-state index in [2.05, 4.69) is 9.97 Å². The second-order valence-corrected chi connectivity index (χ2v) is 13.2. The number of aromatic nitrogens is 2. The van der Waals surface area contributed by atoms with Gasteiger partial charge in [-0.1, -0.05) is 48.5 Å². The molecule has 0 aliphatic heterocycles. The molecular formula is C46H26N2O6Zn. The summed E-state index contributed by atoms with van der Waals surface area (Å²) in [7, 11) is 0. The number of hydrogen-bond acceptors (Lipinski definition) is 8. The van der Waals surface area contributed by atoms with Crippen LogP contribution >= 0.6 is 0 Å². The van der Waals surface area contributed by atoms with Crippen LogP contribution in [0.1, 0.15) is 0 Å². The molecule has 0 unspecified atom stereocenters. The molecule has 6 aromatic carbocycles. The van der Waals surface area contributed by atoms with Gasteiger partial charge in [-0.05, 0) is 84.9 Å². The second-order valence-electron chi connectivity index (χ2n) is 13.2. The van der Waals surface area contributed by atoms with Crippen molar-refractivity contribution in [2.75, 3.05) is 0 Å². The third-order valence-electron chi connectivity index (χ3n) is 10.1. The molecule has 12 rings (SSSR count). The Kier molecular flexibility index (Phi) is 7.47. The molecule has 0 fully saturated rings. The first-order valence-corrected chi connectivity index (χ1v) is 17.4. The normalized spacial score (nSPS) is 11.6. The summed E-state index contributed by atoms with van der Waals surface area (Å²) in [6.07, 6.45) is 3.41. The van der Waals surface area contributed by atoms with E-state index in [4.69, 9.17) is 17.7 Å². The maximum Gasteiger partial charge on any atom is 0.148 e. The minimum absolute atomic E-state index is 0. The molecule has 2 N–H and O–H groups in total. The van der Waals surface area contributed by atoms with E-state index in [1.165, 1.54) is 0 Å². The van der Waals surface area contributed by atoms with Crippen molar-refractivity contribution in [2.24, 2.45) is 0 Å². The number of phenols is 2. The molecule has 0 saturated carbocycles. The first-order valence-electron chi connectivity index (χ1n) is 17.4. The Balaban J connectivity index is 0.000000133. The SMILES string of the molecule is Oc1ccc2c(oc3cc4c(cc32)oc2ccccc24)c1-c1ccccn1.Oc1ccc2c(oc3cc4c(cc32)oc2ccccc24)c1-c1ccccn1.[Zn]. The van der Waals surface area contributed by atoms with Gasteiger partial charge in [0.15, 0.2) is 0 Å². The number of furan rings is 4. The van der Waals surface area contributed by atoms with Crippen LogP contribution in [-0.4, -0.2) is 20.2 Å². The molecule has 8 nitrogen and oxygen atoms in total. The van der Waals surface area contributed by atoms with Gasteiger partial charge >= 0.3 is 0 Å². The predicted molar refractivity (Wildman–Crippen MR) is 212 cm³/mol. The van der Waals surface area contributed by atoms with Crippen LogP contribution in [-0.2, 0) is 19.5 Å². The maximum atomic E-state index is 10.5. The van der Waals surface area contributed by atoms with Crippen LogP contribution < -0.4 is 0 Å². The summed E-state index contributed by atoms with van der Waals surface area (Å²) >= 11 is 0. The fourth-order valence-electron chi connectivity index (χ4n) is 7.61. The second kappa shape index (κ2) is 12.6. The van der Waals surface area contributed by atoms with E-state index < -0.39 is 0 Å². The van der Waals surface area contributed by atoms with E-state index in [0.29, 0.717) is 33.7 Å². The van der Waals surface area contributed by atoms with Crippen LogP contribution in [0.2, 0.25) is 0 Å². The molecule has 0 amide bonds. The van der Waals surface area contributed by atoms with Gasteiger partial charge < -0.3 is 27.9 Å². The topological polar surface area (TPSA) is 119 Å². The molecule has 0 radical (unpaired) electrons. The van der Waals surface area contributed by atoms with E-state index in [-0.39, 0.29) is 31.0 Å². The Morgan fingerprint density at radius 3 is 1.15 bits per heavy atom. The third kappa shape index (κ3) is 5.08. The van der Waals surface area contributed by atoms with Crippen molar-refractivity contribution < 1.29 is 47.4 Å². The molecule has 0 bridgehead atoms. The number of phenolic OH excluding ortho intramolecular Hbond substituents is 2. The number of fused-ring (bicyclic) bond motifs is 12. The van der Waals surface area contributed by atoms with E-state index in [1.807, 2.05) is 121 Å². The number of hydrogen-bond donors (Lipinski definition) is 2. The quantitative estimate of drug-likeness (QED) is 0.167. The largest absolute Gasteiger partial charge is 0.507 e. The first-order chi connectivity index (χ1) is 26.6. The number of para-hydroxylation sites is 2. The zero-order valence-corrected chi connectivity index (χ0v) is 32.0. The summed E-state index contributed by atoms with van der Waals surface area (Å²) in [5.41, 5.74) is 8.67. The Hall–Kier alpha value is -6.96. The van der Waals surface area contributed by atoms with Crippen molar-refractivity contribution in [3.63, 3.8) is 0 Å². The summed E-state index contributed by atoms with van der Waals surface area (Å²) in [6.45, 7) is 0. The van der Waals surface area contributed by atoms with Crippen LogP contribution in [0, 0.1) is 0 Å². The first kappa shape index (κ1) is 32.7. The average Bonchev–Trinajstić information content (AvgIpc) is 3.96. The van der Waals surface area contributed by atoms with Gasteiger partial charge in [0.1, 0.15) is 56.2 Å². The van der Waals surface area contributed by atoms with Gasteiger partial charge in [0.2, 0.25) is 0 Å². The zero-order valence-electron chi connectivity index (χ0n) is 29.0. The summed E-state index contributed by atoms with van der Waals surface area (Å²) < 4.78 is 24.4. The standard InChI is InChI=1S/2C23H13NO3.Zn/c2*25-18-9-8-14-16-12-20-15(13-5-1-2-7-19(13)26-20)11-21(16)27-23(14)22(18)17-6-3-4-10-24-17;/h2*1-12,25H;. The third-order valence-corrected chi connectivity index (χ3v) is 10.1. The molecule has 9 heteroatoms. The molecule has 12 aromatic rings. The Labute approximate surface area is 323 Å². The van der Waals surface area contributed by atoms with Crippen LogP contribution in [0.3, 0.4) is 0 Å². The minimum Gasteiger partial charge on any atom is -0.507 e. The Morgan fingerprint density at radius 1 is 0.345 bits per heavy atom. The van der Waals surface area contributed by atoms with Gasteiger partial charge in [-0.25, -0.2) is 0 Å². The summed E-state index contributed by atoms with van der Waals surface area (Å²) in [5, 5.41) is 28.8. The molecule has 0 aliphatic rings. The van der Waals surface area contributed by atoms with Crippen molar-refractivity contribution in [1.82, 2.24) is 9.97 Å². The predicted octanol–water partition coefficient (Wildman–Crippen LogP) is 12.5. The van der Waals surface area contributed by atoms with Crippen LogP contribution in [0.15, 0.2) is 164 Å². The van der Waals surface area contributed by atoms with E-state index >= 15 is 0 Å². The summed E-state index contributed by atoms with van der Waals surface area (Å²) in [5.74, 6) is 0.295. The van der Waals surface area contributed by atoms with Gasteiger partial charge in [-0.2, -0.15) is 0 Å². The van der Waals surface area contributed by atoms with Gasteiger partial charge in [0.25, 0.3) is 0 Å². The van der Waals surface area contributed by atoms with Crippen molar-refractivity contribution >= 4 is 87.8 Å². The van der Waals surface area contributed by atoms with E-state index in [0.717, 1.165) is 76.6 Å². The maximum absolute atomic E-state index is 10.5. The fraction of sp³-hybridized carbons (Fsp3) is 0. The van der Waals surface area contributed by atoms with Gasteiger partial charge in [-0.3, -0.25) is 9.97 Å². The molecule has 0 atom stereocenters. The Bertz CT molecular complexity index is 3190. The minimum atomic E-state index is 0. The van der Waals surface area contributed by atoms with Gasteiger partial charge in [-0.15, -0.1) is 0 Å². The Morgan fingerprint density at radius 2 is 0.727 bits per heavy atom. The van der Waals surface area contributed by atoms with Gasteiger partial charge in [0.05, 0.1) is 22.5 Å². The molecule has 0 spiro atoms. The van der Waals surface area contributed by atoms with Crippen molar-refractivity contribution in [3.05, 3.63) is 146 Å². The smallest absolute Gasteiger partial charge is 0.148 e. The number of aromatic hydroxyl groups is 2. The summed E-state index contributed by atoms with van der Waals surface area (Å²) in [6, 6.07) is 42.3. The number of benzene rings is 6. The molecule has 6 aromatic heterocycles. The summed E-state index contributed by atoms with van der Waals surface area (Å²) in [4.78, 5) is 8.76.